The monoisotopic (exact) mass is 310 g/mol. The van der Waals surface area contributed by atoms with Gasteiger partial charge in [-0.05, 0) is 29.0 Å². The molecule has 0 aliphatic carbocycles. The summed E-state index contributed by atoms with van der Waals surface area (Å²) in [5.41, 5.74) is 2.81. The van der Waals surface area contributed by atoms with Crippen LogP contribution in [0, 0.1) is 11.3 Å². The Hall–Kier alpha value is -3.45. The van der Waals surface area contributed by atoms with Crippen molar-refractivity contribution in [2.24, 2.45) is 0 Å². The largest absolute Gasteiger partial charge is 0.321 e. The Morgan fingerprint density at radius 3 is 2.67 bits per heavy atom. The fraction of sp³-hybridized carbons (Fsp3) is 0.0500. The molecule has 2 heterocycles. The average Bonchev–Trinajstić information content (AvgIpc) is 2.68. The van der Waals surface area contributed by atoms with Gasteiger partial charge in [0.1, 0.15) is 12.1 Å². The van der Waals surface area contributed by atoms with Gasteiger partial charge in [-0.15, -0.1) is 0 Å². The molecule has 0 saturated heterocycles. The molecule has 2 aromatic carbocycles. The van der Waals surface area contributed by atoms with E-state index in [2.05, 4.69) is 39.1 Å². The molecule has 0 fully saturated rings. The maximum absolute atomic E-state index is 9.28. The molecule has 0 atom stereocenters. The van der Waals surface area contributed by atoms with Crippen molar-refractivity contribution >= 4 is 17.6 Å². The van der Waals surface area contributed by atoms with Crippen LogP contribution in [0.5, 0.6) is 0 Å². The SMILES string of the molecule is N#Cc1ccc2c(c1)=C(c1ccccc1)N(c1ccncn1)CC=2. The van der Waals surface area contributed by atoms with Crippen molar-refractivity contribution in [2.75, 3.05) is 11.4 Å². The predicted molar refractivity (Wildman–Crippen MR) is 93.2 cm³/mol. The normalized spacial score (nSPS) is 13.0. The number of aromatic nitrogens is 2. The summed E-state index contributed by atoms with van der Waals surface area (Å²) in [5.74, 6) is 0.841. The molecule has 0 bridgehead atoms. The van der Waals surface area contributed by atoms with E-state index in [4.69, 9.17) is 0 Å². The minimum atomic E-state index is 0.653. The maximum atomic E-state index is 9.28. The van der Waals surface area contributed by atoms with E-state index in [0.717, 1.165) is 34.1 Å². The van der Waals surface area contributed by atoms with E-state index in [0.29, 0.717) is 5.56 Å². The summed E-state index contributed by atoms with van der Waals surface area (Å²) in [6.45, 7) is 0.722. The van der Waals surface area contributed by atoms with E-state index in [1.807, 2.05) is 42.5 Å². The Balaban J connectivity index is 2.05. The average molecular weight is 310 g/mol. The Kier molecular flexibility index (Phi) is 3.53. The van der Waals surface area contributed by atoms with Gasteiger partial charge >= 0.3 is 0 Å². The lowest BCUT2D eigenvalue weighted by Crippen LogP contribution is -2.41. The smallest absolute Gasteiger partial charge is 0.136 e. The molecule has 0 saturated carbocycles. The van der Waals surface area contributed by atoms with Gasteiger partial charge in [0, 0.05) is 18.0 Å². The van der Waals surface area contributed by atoms with Crippen molar-refractivity contribution in [3.05, 3.63) is 88.7 Å². The van der Waals surface area contributed by atoms with Crippen LogP contribution < -0.4 is 15.3 Å². The van der Waals surface area contributed by atoms with Crippen molar-refractivity contribution in [2.45, 2.75) is 0 Å². The summed E-state index contributed by atoms with van der Waals surface area (Å²) in [6.07, 6.45) is 5.45. The highest BCUT2D eigenvalue weighted by Crippen LogP contribution is 2.23. The quantitative estimate of drug-likeness (QED) is 0.724. The predicted octanol–water partition coefficient (Wildman–Crippen LogP) is 1.81. The summed E-state index contributed by atoms with van der Waals surface area (Å²) in [5, 5.41) is 11.5. The van der Waals surface area contributed by atoms with Gasteiger partial charge in [-0.3, -0.25) is 0 Å². The highest BCUT2D eigenvalue weighted by atomic mass is 15.2. The zero-order valence-electron chi connectivity index (χ0n) is 12.9. The topological polar surface area (TPSA) is 52.8 Å². The third kappa shape index (κ3) is 2.42. The Morgan fingerprint density at radius 1 is 1.04 bits per heavy atom. The molecule has 1 aliphatic heterocycles. The zero-order chi connectivity index (χ0) is 16.4. The lowest BCUT2D eigenvalue weighted by molar-refractivity contribution is 1.03. The molecule has 1 aliphatic rings. The molecule has 4 rings (SSSR count). The van der Waals surface area contributed by atoms with Crippen LogP contribution in [0.1, 0.15) is 11.1 Å². The van der Waals surface area contributed by atoms with Crippen molar-refractivity contribution < 1.29 is 0 Å². The van der Waals surface area contributed by atoms with E-state index < -0.39 is 0 Å². The summed E-state index contributed by atoms with van der Waals surface area (Å²) >= 11 is 0. The molecule has 0 unspecified atom stereocenters. The number of nitriles is 1. The molecule has 4 nitrogen and oxygen atoms in total. The van der Waals surface area contributed by atoms with Gasteiger partial charge in [-0.1, -0.05) is 42.5 Å². The van der Waals surface area contributed by atoms with Gasteiger partial charge < -0.3 is 4.90 Å². The Bertz CT molecular complexity index is 1030. The fourth-order valence-corrected chi connectivity index (χ4v) is 2.99. The van der Waals surface area contributed by atoms with Crippen LogP contribution in [0.4, 0.5) is 5.82 Å². The van der Waals surface area contributed by atoms with Gasteiger partial charge in [0.05, 0.1) is 17.3 Å². The second kappa shape index (κ2) is 5.98. The molecule has 24 heavy (non-hydrogen) atoms. The maximum Gasteiger partial charge on any atom is 0.136 e. The first kappa shape index (κ1) is 14.2. The lowest BCUT2D eigenvalue weighted by atomic mass is 10.0. The van der Waals surface area contributed by atoms with Crippen LogP contribution in [-0.4, -0.2) is 16.5 Å². The van der Waals surface area contributed by atoms with Crippen molar-refractivity contribution in [1.82, 2.24) is 9.97 Å². The number of hydrogen-bond donors (Lipinski definition) is 0. The van der Waals surface area contributed by atoms with Crippen molar-refractivity contribution in [3.63, 3.8) is 0 Å². The number of benzene rings is 2. The Morgan fingerprint density at radius 2 is 1.92 bits per heavy atom. The third-order valence-corrected chi connectivity index (χ3v) is 4.09. The molecule has 0 amide bonds. The Labute approximate surface area is 139 Å². The number of rotatable bonds is 2. The van der Waals surface area contributed by atoms with Crippen molar-refractivity contribution in [3.8, 4) is 6.07 Å². The summed E-state index contributed by atoms with van der Waals surface area (Å²) < 4.78 is 0. The minimum absolute atomic E-state index is 0.653. The molecule has 1 aromatic heterocycles. The molecule has 0 spiro atoms. The van der Waals surface area contributed by atoms with Crippen LogP contribution in [0.2, 0.25) is 0 Å². The van der Waals surface area contributed by atoms with E-state index in [1.54, 1.807) is 12.5 Å². The van der Waals surface area contributed by atoms with Crippen LogP contribution in [0.15, 0.2) is 67.1 Å². The van der Waals surface area contributed by atoms with Crippen LogP contribution >= 0.6 is 0 Å². The van der Waals surface area contributed by atoms with Crippen LogP contribution in [-0.2, 0) is 0 Å². The third-order valence-electron chi connectivity index (χ3n) is 4.09. The summed E-state index contributed by atoms with van der Waals surface area (Å²) in [6, 6.07) is 20.1. The highest BCUT2D eigenvalue weighted by Gasteiger charge is 2.18. The number of anilines is 1. The van der Waals surface area contributed by atoms with Gasteiger partial charge in [0.2, 0.25) is 0 Å². The first-order valence-corrected chi connectivity index (χ1v) is 7.70. The summed E-state index contributed by atoms with van der Waals surface area (Å²) in [4.78, 5) is 10.6. The van der Waals surface area contributed by atoms with Gasteiger partial charge in [0.25, 0.3) is 0 Å². The second-order valence-corrected chi connectivity index (χ2v) is 5.51. The van der Waals surface area contributed by atoms with Crippen LogP contribution in [0.25, 0.3) is 11.8 Å². The summed E-state index contributed by atoms with van der Waals surface area (Å²) in [7, 11) is 0. The van der Waals surface area contributed by atoms with Gasteiger partial charge in [-0.2, -0.15) is 5.26 Å². The first-order chi connectivity index (χ1) is 11.9. The van der Waals surface area contributed by atoms with E-state index in [-0.39, 0.29) is 0 Å². The first-order valence-electron chi connectivity index (χ1n) is 7.70. The fourth-order valence-electron chi connectivity index (χ4n) is 2.99. The molecular formula is C20H14N4. The van der Waals surface area contributed by atoms with E-state index >= 15 is 0 Å². The molecule has 0 radical (unpaired) electrons. The lowest BCUT2D eigenvalue weighted by Gasteiger charge is -2.28. The highest BCUT2D eigenvalue weighted by molar-refractivity contribution is 5.80. The zero-order valence-corrected chi connectivity index (χ0v) is 12.9. The number of hydrogen-bond acceptors (Lipinski definition) is 4. The minimum Gasteiger partial charge on any atom is -0.321 e. The van der Waals surface area contributed by atoms with E-state index in [1.165, 1.54) is 0 Å². The molecule has 4 heteroatoms. The molecule has 3 aromatic rings. The van der Waals surface area contributed by atoms with Crippen molar-refractivity contribution in [1.29, 1.82) is 5.26 Å². The molecule has 0 N–H and O–H groups in total. The standard InChI is InChI=1S/C20H14N4/c21-13-15-6-7-16-9-11-24(19-8-10-22-14-23-19)20(18(16)12-15)17-4-2-1-3-5-17/h1-10,12,14H,11H2. The van der Waals surface area contributed by atoms with Gasteiger partial charge in [0.15, 0.2) is 0 Å². The second-order valence-electron chi connectivity index (χ2n) is 5.51. The number of nitrogens with zero attached hydrogens (tertiary/aromatic N) is 4. The van der Waals surface area contributed by atoms with E-state index in [9.17, 15) is 5.26 Å². The van der Waals surface area contributed by atoms with Gasteiger partial charge in [-0.25, -0.2) is 9.97 Å². The molecular weight excluding hydrogens is 296 g/mol. The van der Waals surface area contributed by atoms with Crippen LogP contribution in [0.3, 0.4) is 0 Å². The number of fused-ring (bicyclic) bond motifs is 1. The molecule has 114 valence electrons.